The van der Waals surface area contributed by atoms with Gasteiger partial charge in [-0.05, 0) is 74.9 Å². The molecule has 190 valence electrons. The first kappa shape index (κ1) is 25.4. The third-order valence-electron chi connectivity index (χ3n) is 6.06. The minimum absolute atomic E-state index is 0.309. The molecule has 1 unspecified atom stereocenters. The first-order valence-corrected chi connectivity index (χ1v) is 11.8. The number of nitrogens with zero attached hydrogens (tertiary/aromatic N) is 1. The Morgan fingerprint density at radius 1 is 0.892 bits per heavy atom. The summed E-state index contributed by atoms with van der Waals surface area (Å²) in [5, 5.41) is 8.15. The van der Waals surface area contributed by atoms with Gasteiger partial charge in [-0.1, -0.05) is 29.8 Å². The standard InChI is InChI=1S/C28H28N4O5/c1-4-37-23-15-13-22(14-16-23)30-25(34)19-7-11-21(12-8-19)29-24(33)17-32-26(35)28(3,31-27(32)36)20-9-5-18(2)6-10-20/h5-16H,4,17H2,1-3H3,(H,29,33)(H,30,34)(H,31,36). The molecule has 0 aromatic heterocycles. The summed E-state index contributed by atoms with van der Waals surface area (Å²) >= 11 is 0. The molecule has 3 aromatic carbocycles. The van der Waals surface area contributed by atoms with E-state index in [0.717, 1.165) is 10.5 Å². The van der Waals surface area contributed by atoms with Crippen molar-refractivity contribution >= 4 is 35.1 Å². The molecule has 9 heteroatoms. The molecule has 1 aliphatic heterocycles. The van der Waals surface area contributed by atoms with Gasteiger partial charge in [0.2, 0.25) is 5.91 Å². The Morgan fingerprint density at radius 3 is 2.11 bits per heavy atom. The van der Waals surface area contributed by atoms with Crippen LogP contribution in [0.2, 0.25) is 0 Å². The van der Waals surface area contributed by atoms with Crippen LogP contribution in [0, 0.1) is 6.92 Å². The van der Waals surface area contributed by atoms with E-state index in [0.29, 0.717) is 34.9 Å². The van der Waals surface area contributed by atoms with E-state index >= 15 is 0 Å². The molecule has 1 aliphatic rings. The highest BCUT2D eigenvalue weighted by Gasteiger charge is 2.49. The average molecular weight is 501 g/mol. The molecular formula is C28H28N4O5. The van der Waals surface area contributed by atoms with Crippen LogP contribution in [0.1, 0.15) is 35.3 Å². The number of carbonyl (C=O) groups excluding carboxylic acids is 4. The molecule has 5 amide bonds. The largest absolute Gasteiger partial charge is 0.494 e. The minimum atomic E-state index is -1.25. The SMILES string of the molecule is CCOc1ccc(NC(=O)c2ccc(NC(=O)CN3C(=O)NC(C)(c4ccc(C)cc4)C3=O)cc2)cc1. The number of aryl methyl sites for hydroxylation is 1. The molecule has 37 heavy (non-hydrogen) atoms. The van der Waals surface area contributed by atoms with Crippen LogP contribution in [0.25, 0.3) is 0 Å². The van der Waals surface area contributed by atoms with Gasteiger partial charge in [-0.15, -0.1) is 0 Å². The Labute approximate surface area is 214 Å². The number of nitrogens with one attached hydrogen (secondary N) is 3. The number of carbonyl (C=O) groups is 4. The van der Waals surface area contributed by atoms with Crippen molar-refractivity contribution < 1.29 is 23.9 Å². The Hall–Kier alpha value is -4.66. The lowest BCUT2D eigenvalue weighted by Crippen LogP contribution is -2.42. The lowest BCUT2D eigenvalue weighted by atomic mass is 9.91. The van der Waals surface area contributed by atoms with Gasteiger partial charge in [0.05, 0.1) is 6.61 Å². The number of rotatable bonds is 8. The van der Waals surface area contributed by atoms with Crippen LogP contribution in [0.3, 0.4) is 0 Å². The van der Waals surface area contributed by atoms with Crippen molar-refractivity contribution in [3.05, 3.63) is 89.5 Å². The molecule has 0 spiro atoms. The molecule has 3 N–H and O–H groups in total. The van der Waals surface area contributed by atoms with Gasteiger partial charge in [-0.3, -0.25) is 19.3 Å². The van der Waals surface area contributed by atoms with Gasteiger partial charge in [0.1, 0.15) is 17.8 Å². The van der Waals surface area contributed by atoms with Crippen LogP contribution in [0.4, 0.5) is 16.2 Å². The molecule has 4 rings (SSSR count). The number of anilines is 2. The second-order valence-electron chi connectivity index (χ2n) is 8.85. The number of ether oxygens (including phenoxy) is 1. The average Bonchev–Trinajstić information content (AvgIpc) is 3.09. The Morgan fingerprint density at radius 2 is 1.49 bits per heavy atom. The second kappa shape index (κ2) is 10.5. The van der Waals surface area contributed by atoms with Crippen molar-refractivity contribution in [1.82, 2.24) is 10.2 Å². The maximum Gasteiger partial charge on any atom is 0.325 e. The highest BCUT2D eigenvalue weighted by Crippen LogP contribution is 2.29. The van der Waals surface area contributed by atoms with Crippen molar-refractivity contribution in [3.63, 3.8) is 0 Å². The van der Waals surface area contributed by atoms with Gasteiger partial charge in [-0.2, -0.15) is 0 Å². The Bertz CT molecular complexity index is 1320. The van der Waals surface area contributed by atoms with E-state index in [4.69, 9.17) is 4.74 Å². The number of amides is 5. The smallest absolute Gasteiger partial charge is 0.325 e. The van der Waals surface area contributed by atoms with Gasteiger partial charge in [0, 0.05) is 16.9 Å². The van der Waals surface area contributed by atoms with Gasteiger partial charge >= 0.3 is 6.03 Å². The van der Waals surface area contributed by atoms with Crippen LogP contribution in [-0.2, 0) is 15.1 Å². The third kappa shape index (κ3) is 5.61. The van der Waals surface area contributed by atoms with Gasteiger partial charge in [0.25, 0.3) is 11.8 Å². The number of imide groups is 1. The fraction of sp³-hybridized carbons (Fsp3) is 0.214. The van der Waals surface area contributed by atoms with Crippen LogP contribution in [0.15, 0.2) is 72.8 Å². The fourth-order valence-corrected chi connectivity index (χ4v) is 3.98. The normalized spacial score (nSPS) is 16.8. The second-order valence-corrected chi connectivity index (χ2v) is 8.85. The summed E-state index contributed by atoms with van der Waals surface area (Å²) in [4.78, 5) is 51.6. The molecule has 0 saturated carbocycles. The molecule has 0 bridgehead atoms. The number of hydrogen-bond acceptors (Lipinski definition) is 5. The molecule has 1 saturated heterocycles. The maximum absolute atomic E-state index is 13.0. The quantitative estimate of drug-likeness (QED) is 0.404. The molecule has 3 aromatic rings. The number of benzene rings is 3. The lowest BCUT2D eigenvalue weighted by Gasteiger charge is -2.22. The molecule has 1 atom stereocenters. The predicted molar refractivity (Wildman–Crippen MR) is 139 cm³/mol. The first-order valence-electron chi connectivity index (χ1n) is 11.8. The topological polar surface area (TPSA) is 117 Å². The summed E-state index contributed by atoms with van der Waals surface area (Å²) in [6.07, 6.45) is 0. The van der Waals surface area contributed by atoms with Crippen molar-refractivity contribution in [1.29, 1.82) is 0 Å². The van der Waals surface area contributed by atoms with Crippen LogP contribution in [0.5, 0.6) is 5.75 Å². The Balaban J connectivity index is 1.34. The predicted octanol–water partition coefficient (Wildman–Crippen LogP) is 4.05. The number of urea groups is 1. The van der Waals surface area contributed by atoms with Crippen LogP contribution in [-0.4, -0.2) is 41.8 Å². The van der Waals surface area contributed by atoms with E-state index in [1.165, 1.54) is 0 Å². The summed E-state index contributed by atoms with van der Waals surface area (Å²) in [6.45, 7) is 5.56. The van der Waals surface area contributed by atoms with Gasteiger partial charge in [-0.25, -0.2) is 4.79 Å². The summed E-state index contributed by atoms with van der Waals surface area (Å²) in [7, 11) is 0. The van der Waals surface area contributed by atoms with Crippen LogP contribution >= 0.6 is 0 Å². The highest BCUT2D eigenvalue weighted by molar-refractivity contribution is 6.10. The van der Waals surface area contributed by atoms with Crippen molar-refractivity contribution in [3.8, 4) is 5.75 Å². The first-order chi connectivity index (χ1) is 17.7. The zero-order chi connectivity index (χ0) is 26.6. The Kier molecular flexibility index (Phi) is 7.24. The summed E-state index contributed by atoms with van der Waals surface area (Å²) in [6, 6.07) is 20.0. The molecule has 0 radical (unpaired) electrons. The van der Waals surface area contributed by atoms with E-state index in [-0.39, 0.29) is 5.91 Å². The van der Waals surface area contributed by atoms with E-state index in [1.54, 1.807) is 67.6 Å². The third-order valence-corrected chi connectivity index (χ3v) is 6.06. The summed E-state index contributed by atoms with van der Waals surface area (Å²) < 4.78 is 5.39. The van der Waals surface area contributed by atoms with Crippen LogP contribution < -0.4 is 20.7 Å². The van der Waals surface area contributed by atoms with E-state index in [9.17, 15) is 19.2 Å². The zero-order valence-corrected chi connectivity index (χ0v) is 20.8. The fourth-order valence-electron chi connectivity index (χ4n) is 3.98. The van der Waals surface area contributed by atoms with E-state index in [1.807, 2.05) is 26.0 Å². The van der Waals surface area contributed by atoms with Gasteiger partial charge in [0.15, 0.2) is 0 Å². The van der Waals surface area contributed by atoms with Crippen molar-refractivity contribution in [2.45, 2.75) is 26.3 Å². The highest BCUT2D eigenvalue weighted by atomic mass is 16.5. The maximum atomic E-state index is 13.0. The summed E-state index contributed by atoms with van der Waals surface area (Å²) in [5.74, 6) is -0.633. The van der Waals surface area contributed by atoms with Crippen molar-refractivity contribution in [2.24, 2.45) is 0 Å². The summed E-state index contributed by atoms with van der Waals surface area (Å²) in [5.41, 5.74) is 1.87. The molecule has 1 heterocycles. The monoisotopic (exact) mass is 500 g/mol. The van der Waals surface area contributed by atoms with Crippen molar-refractivity contribution in [2.75, 3.05) is 23.8 Å². The molecule has 0 aliphatic carbocycles. The molecule has 9 nitrogen and oxygen atoms in total. The molecule has 1 fully saturated rings. The van der Waals surface area contributed by atoms with E-state index < -0.39 is 29.9 Å². The zero-order valence-electron chi connectivity index (χ0n) is 20.8. The lowest BCUT2D eigenvalue weighted by molar-refractivity contribution is -0.133. The minimum Gasteiger partial charge on any atom is -0.494 e. The van der Waals surface area contributed by atoms with E-state index in [2.05, 4.69) is 16.0 Å². The molecular weight excluding hydrogens is 472 g/mol. The number of hydrogen-bond donors (Lipinski definition) is 3. The van der Waals surface area contributed by atoms with Gasteiger partial charge < -0.3 is 20.7 Å².